The fourth-order valence-corrected chi connectivity index (χ4v) is 4.70. The van der Waals surface area contributed by atoms with E-state index >= 15 is 0 Å². The van der Waals surface area contributed by atoms with E-state index in [1.807, 2.05) is 0 Å². The van der Waals surface area contributed by atoms with Crippen LogP contribution in [0.3, 0.4) is 0 Å². The number of hydrogen-bond acceptors (Lipinski definition) is 4. The number of esters is 1. The summed E-state index contributed by atoms with van der Waals surface area (Å²) < 4.78 is 31.5. The highest BCUT2D eigenvalue weighted by Crippen LogP contribution is 2.31. The molecule has 0 N–H and O–H groups in total. The highest BCUT2D eigenvalue weighted by atomic mass is 35.5. The molecule has 1 aliphatic rings. The molecule has 0 heterocycles. The Bertz CT molecular complexity index is 611. The van der Waals surface area contributed by atoms with E-state index in [1.54, 1.807) is 12.1 Å². The first-order valence-corrected chi connectivity index (χ1v) is 8.62. The Morgan fingerprint density at radius 2 is 1.95 bits per heavy atom. The molecule has 21 heavy (non-hydrogen) atoms. The average Bonchev–Trinajstić information content (AvgIpc) is 2.98. The van der Waals surface area contributed by atoms with Gasteiger partial charge in [0, 0.05) is 6.04 Å². The van der Waals surface area contributed by atoms with Crippen molar-refractivity contribution in [2.75, 3.05) is 13.7 Å². The van der Waals surface area contributed by atoms with Crippen LogP contribution in [0.25, 0.3) is 0 Å². The summed E-state index contributed by atoms with van der Waals surface area (Å²) in [6.07, 6.45) is 3.42. The van der Waals surface area contributed by atoms with Gasteiger partial charge in [0.2, 0.25) is 10.0 Å². The molecule has 0 bridgehead atoms. The van der Waals surface area contributed by atoms with Crippen molar-refractivity contribution >= 4 is 27.6 Å². The lowest BCUT2D eigenvalue weighted by molar-refractivity contribution is -0.141. The fraction of sp³-hybridized carbons (Fsp3) is 0.500. The zero-order valence-corrected chi connectivity index (χ0v) is 13.4. The molecular formula is C14H18ClNO4S. The van der Waals surface area contributed by atoms with Gasteiger partial charge < -0.3 is 4.74 Å². The first-order valence-electron chi connectivity index (χ1n) is 6.80. The minimum absolute atomic E-state index is 0.0301. The standard InChI is InChI=1S/C14H18ClNO4S/c1-20-14(17)10-16(11-6-2-3-7-11)21(18,19)13-9-5-4-8-12(13)15/h4-5,8-9,11H,2-3,6-7,10H2,1H3. The van der Waals surface area contributed by atoms with Gasteiger partial charge in [-0.1, -0.05) is 36.6 Å². The van der Waals surface area contributed by atoms with Gasteiger partial charge in [-0.25, -0.2) is 8.42 Å². The molecule has 0 radical (unpaired) electrons. The SMILES string of the molecule is COC(=O)CN(C1CCCC1)S(=O)(=O)c1ccccc1Cl. The fourth-order valence-electron chi connectivity index (χ4n) is 2.57. The van der Waals surface area contributed by atoms with E-state index in [1.165, 1.54) is 23.5 Å². The normalized spacial score (nSPS) is 16.3. The van der Waals surface area contributed by atoms with Crippen molar-refractivity contribution in [3.8, 4) is 0 Å². The summed E-state index contributed by atoms with van der Waals surface area (Å²) in [4.78, 5) is 11.6. The van der Waals surface area contributed by atoms with Crippen molar-refractivity contribution in [2.24, 2.45) is 0 Å². The molecule has 0 spiro atoms. The molecule has 1 aliphatic carbocycles. The zero-order valence-electron chi connectivity index (χ0n) is 11.8. The topological polar surface area (TPSA) is 63.7 Å². The van der Waals surface area contributed by atoms with Crippen molar-refractivity contribution in [3.05, 3.63) is 29.3 Å². The highest BCUT2D eigenvalue weighted by molar-refractivity contribution is 7.89. The zero-order chi connectivity index (χ0) is 15.5. The van der Waals surface area contributed by atoms with Crippen LogP contribution in [0.2, 0.25) is 5.02 Å². The molecule has 1 aromatic rings. The maximum absolute atomic E-state index is 12.8. The van der Waals surface area contributed by atoms with Crippen LogP contribution in [0.4, 0.5) is 0 Å². The van der Waals surface area contributed by atoms with Gasteiger partial charge in [0.15, 0.2) is 0 Å². The Balaban J connectivity index is 2.39. The highest BCUT2D eigenvalue weighted by Gasteiger charge is 2.35. The van der Waals surface area contributed by atoms with Gasteiger partial charge in [0.25, 0.3) is 0 Å². The van der Waals surface area contributed by atoms with E-state index in [0.717, 1.165) is 25.7 Å². The number of sulfonamides is 1. The Hall–Kier alpha value is -1.11. The summed E-state index contributed by atoms with van der Waals surface area (Å²) in [6, 6.07) is 6.09. The molecule has 0 aliphatic heterocycles. The first-order chi connectivity index (χ1) is 9.96. The lowest BCUT2D eigenvalue weighted by atomic mass is 10.2. The molecular weight excluding hydrogens is 314 g/mol. The summed E-state index contributed by atoms with van der Waals surface area (Å²) in [5, 5.41) is 0.158. The Kier molecular flexibility index (Phi) is 5.24. The predicted octanol–water partition coefficient (Wildman–Crippen LogP) is 2.45. The van der Waals surface area contributed by atoms with Crippen molar-refractivity contribution in [3.63, 3.8) is 0 Å². The maximum atomic E-state index is 12.8. The Morgan fingerprint density at radius 3 is 2.52 bits per heavy atom. The van der Waals surface area contributed by atoms with Crippen molar-refractivity contribution in [1.29, 1.82) is 0 Å². The summed E-state index contributed by atoms with van der Waals surface area (Å²) in [5.74, 6) is -0.572. The smallest absolute Gasteiger partial charge is 0.321 e. The second kappa shape index (κ2) is 6.77. The number of hydrogen-bond donors (Lipinski definition) is 0. The molecule has 0 unspecified atom stereocenters. The molecule has 1 fully saturated rings. The number of methoxy groups -OCH3 is 1. The Labute approximate surface area is 129 Å². The number of benzene rings is 1. The summed E-state index contributed by atoms with van der Waals surface area (Å²) >= 11 is 6.01. The Morgan fingerprint density at radius 1 is 1.33 bits per heavy atom. The molecule has 5 nitrogen and oxygen atoms in total. The van der Waals surface area contributed by atoms with E-state index in [-0.39, 0.29) is 22.5 Å². The van der Waals surface area contributed by atoms with E-state index in [0.29, 0.717) is 0 Å². The van der Waals surface area contributed by atoms with Crippen LogP contribution in [0.5, 0.6) is 0 Å². The van der Waals surface area contributed by atoms with Crippen LogP contribution >= 0.6 is 11.6 Å². The minimum Gasteiger partial charge on any atom is -0.468 e. The number of ether oxygens (including phenoxy) is 1. The molecule has 0 saturated heterocycles. The number of halogens is 1. The lowest BCUT2D eigenvalue weighted by Crippen LogP contribution is -2.42. The second-order valence-corrected chi connectivity index (χ2v) is 7.26. The van der Waals surface area contributed by atoms with Gasteiger partial charge in [0.1, 0.15) is 11.4 Å². The lowest BCUT2D eigenvalue weighted by Gasteiger charge is -2.27. The van der Waals surface area contributed by atoms with E-state index in [9.17, 15) is 13.2 Å². The average molecular weight is 332 g/mol. The quantitative estimate of drug-likeness (QED) is 0.777. The van der Waals surface area contributed by atoms with E-state index < -0.39 is 16.0 Å². The number of nitrogens with zero attached hydrogens (tertiary/aromatic N) is 1. The van der Waals surface area contributed by atoms with Crippen molar-refractivity contribution in [1.82, 2.24) is 4.31 Å². The van der Waals surface area contributed by atoms with E-state index in [4.69, 9.17) is 11.6 Å². The van der Waals surface area contributed by atoms with Gasteiger partial charge >= 0.3 is 5.97 Å². The third-order valence-electron chi connectivity index (χ3n) is 3.67. The number of rotatable bonds is 5. The maximum Gasteiger partial charge on any atom is 0.321 e. The molecule has 2 rings (SSSR count). The molecule has 1 aromatic carbocycles. The van der Waals surface area contributed by atoms with Crippen molar-refractivity contribution in [2.45, 2.75) is 36.6 Å². The van der Waals surface area contributed by atoms with Crippen LogP contribution in [0.1, 0.15) is 25.7 Å². The summed E-state index contributed by atoms with van der Waals surface area (Å²) in [7, 11) is -2.57. The molecule has 0 aromatic heterocycles. The molecule has 1 saturated carbocycles. The largest absolute Gasteiger partial charge is 0.468 e. The summed E-state index contributed by atoms with van der Waals surface area (Å²) in [5.41, 5.74) is 0. The number of carbonyl (C=O) groups is 1. The van der Waals surface area contributed by atoms with E-state index in [2.05, 4.69) is 4.74 Å². The van der Waals surface area contributed by atoms with Crippen molar-refractivity contribution < 1.29 is 17.9 Å². The minimum atomic E-state index is -3.82. The molecule has 0 amide bonds. The van der Waals surface area contributed by atoms with Crippen LogP contribution in [0, 0.1) is 0 Å². The first kappa shape index (κ1) is 16.3. The van der Waals surface area contributed by atoms with Gasteiger partial charge in [-0.15, -0.1) is 0 Å². The molecule has 0 atom stereocenters. The van der Waals surface area contributed by atoms with Gasteiger partial charge in [-0.05, 0) is 25.0 Å². The van der Waals surface area contributed by atoms with Gasteiger partial charge in [-0.2, -0.15) is 4.31 Å². The van der Waals surface area contributed by atoms with Crippen LogP contribution in [0.15, 0.2) is 29.2 Å². The summed E-state index contributed by atoms with van der Waals surface area (Å²) in [6.45, 7) is -0.283. The molecule has 7 heteroatoms. The van der Waals surface area contributed by atoms with Gasteiger partial charge in [-0.3, -0.25) is 4.79 Å². The monoisotopic (exact) mass is 331 g/mol. The predicted molar refractivity (Wildman–Crippen MR) is 79.6 cm³/mol. The third-order valence-corrected chi connectivity index (χ3v) is 6.07. The van der Waals surface area contributed by atoms with Crippen LogP contribution < -0.4 is 0 Å². The van der Waals surface area contributed by atoms with Gasteiger partial charge in [0.05, 0.1) is 12.1 Å². The molecule has 116 valence electrons. The van der Waals surface area contributed by atoms with Crippen LogP contribution in [-0.2, 0) is 19.6 Å². The van der Waals surface area contributed by atoms with Crippen LogP contribution in [-0.4, -0.2) is 38.4 Å². The third kappa shape index (κ3) is 3.56. The second-order valence-electron chi connectivity index (χ2n) is 5.00. The number of carbonyl (C=O) groups excluding carboxylic acids is 1.